The lowest BCUT2D eigenvalue weighted by atomic mass is 9.78. The standard InChI is InChI=1S/C19H28.C4H8.C3H4/c1-14(2)19-12-10-17(13-16(19)4)9-11-18-8-6-5-7-15(18)3;1-4(2)3;1-3-2/h5-8,14,17H,9-13H2,1-4H3;1H2,2-3H3;1H,2H3. The summed E-state index contributed by atoms with van der Waals surface area (Å²) >= 11 is 0. The molecule has 0 radical (unpaired) electrons. The Morgan fingerprint density at radius 3 is 2.23 bits per heavy atom. The lowest BCUT2D eigenvalue weighted by Crippen LogP contribution is -2.13. The molecular weight excluding hydrogens is 312 g/mol. The molecule has 1 aromatic rings. The van der Waals surface area contributed by atoms with E-state index in [1.54, 1.807) is 23.6 Å². The summed E-state index contributed by atoms with van der Waals surface area (Å²) in [4.78, 5) is 0. The summed E-state index contributed by atoms with van der Waals surface area (Å²) < 4.78 is 0. The summed E-state index contributed by atoms with van der Waals surface area (Å²) in [5.74, 6) is 3.90. The van der Waals surface area contributed by atoms with E-state index in [-0.39, 0.29) is 0 Å². The van der Waals surface area contributed by atoms with Crippen molar-refractivity contribution < 1.29 is 0 Å². The SMILES string of the molecule is C#CC.C=C(C)C.CC1=C(C(C)C)CCC(CCc2ccccc2C)C1. The third-order valence-electron chi connectivity index (χ3n) is 4.75. The largest absolute Gasteiger partial charge is 0.120 e. The van der Waals surface area contributed by atoms with E-state index in [0.717, 1.165) is 11.8 Å². The van der Waals surface area contributed by atoms with Gasteiger partial charge in [-0.2, -0.15) is 0 Å². The van der Waals surface area contributed by atoms with Gasteiger partial charge in [-0.25, -0.2) is 0 Å². The van der Waals surface area contributed by atoms with E-state index in [2.05, 4.69) is 70.9 Å². The van der Waals surface area contributed by atoms with E-state index in [1.807, 2.05) is 13.8 Å². The molecule has 1 aliphatic carbocycles. The van der Waals surface area contributed by atoms with Crippen LogP contribution in [0, 0.1) is 31.1 Å². The van der Waals surface area contributed by atoms with Gasteiger partial charge in [-0.05, 0) is 89.7 Å². The molecule has 0 fully saturated rings. The topological polar surface area (TPSA) is 0 Å². The normalized spacial score (nSPS) is 16.0. The van der Waals surface area contributed by atoms with Crippen molar-refractivity contribution in [3.8, 4) is 12.3 Å². The lowest BCUT2D eigenvalue weighted by Gasteiger charge is -2.28. The summed E-state index contributed by atoms with van der Waals surface area (Å²) in [6.45, 7) is 18.4. The molecule has 0 amide bonds. The third-order valence-corrected chi connectivity index (χ3v) is 4.75. The average Bonchev–Trinajstić information content (AvgIpc) is 2.54. The molecule has 0 nitrogen and oxygen atoms in total. The number of rotatable bonds is 4. The molecule has 0 saturated heterocycles. The first kappa shape index (κ1) is 24.3. The zero-order chi connectivity index (χ0) is 20.1. The van der Waals surface area contributed by atoms with Crippen LogP contribution < -0.4 is 0 Å². The van der Waals surface area contributed by atoms with Gasteiger partial charge in [0.15, 0.2) is 0 Å². The van der Waals surface area contributed by atoms with Crippen LogP contribution in [-0.4, -0.2) is 0 Å². The van der Waals surface area contributed by atoms with Gasteiger partial charge in [0.2, 0.25) is 0 Å². The maximum absolute atomic E-state index is 4.60. The van der Waals surface area contributed by atoms with E-state index in [9.17, 15) is 0 Å². The van der Waals surface area contributed by atoms with Gasteiger partial charge in [0.25, 0.3) is 0 Å². The highest BCUT2D eigenvalue weighted by atomic mass is 14.3. The van der Waals surface area contributed by atoms with Crippen molar-refractivity contribution in [3.05, 3.63) is 58.7 Å². The second-order valence-electron chi connectivity index (χ2n) is 8.03. The van der Waals surface area contributed by atoms with Crippen LogP contribution in [0.15, 0.2) is 47.6 Å². The van der Waals surface area contributed by atoms with E-state index in [1.165, 1.54) is 43.2 Å². The van der Waals surface area contributed by atoms with Crippen molar-refractivity contribution >= 4 is 0 Å². The predicted molar refractivity (Wildman–Crippen MR) is 119 cm³/mol. The molecule has 0 saturated carbocycles. The fraction of sp³-hybridized carbons (Fsp3) is 0.538. The second-order valence-corrected chi connectivity index (χ2v) is 8.03. The van der Waals surface area contributed by atoms with Gasteiger partial charge in [0, 0.05) is 0 Å². The highest BCUT2D eigenvalue weighted by molar-refractivity contribution is 5.26. The number of hydrogen-bond acceptors (Lipinski definition) is 0. The first-order valence-corrected chi connectivity index (χ1v) is 9.95. The first-order valence-electron chi connectivity index (χ1n) is 9.95. The zero-order valence-electron chi connectivity index (χ0n) is 18.3. The average molecular weight is 353 g/mol. The monoisotopic (exact) mass is 352 g/mol. The number of benzene rings is 1. The van der Waals surface area contributed by atoms with E-state index in [0.29, 0.717) is 0 Å². The molecule has 0 spiro atoms. The van der Waals surface area contributed by atoms with Crippen molar-refractivity contribution in [3.63, 3.8) is 0 Å². The molecule has 0 heteroatoms. The van der Waals surface area contributed by atoms with Gasteiger partial charge < -0.3 is 0 Å². The quantitative estimate of drug-likeness (QED) is 0.381. The van der Waals surface area contributed by atoms with Gasteiger partial charge in [-0.1, -0.05) is 54.8 Å². The van der Waals surface area contributed by atoms with Gasteiger partial charge in [-0.3, -0.25) is 0 Å². The summed E-state index contributed by atoms with van der Waals surface area (Å²) in [7, 11) is 0. The zero-order valence-corrected chi connectivity index (χ0v) is 18.3. The first-order chi connectivity index (χ1) is 12.2. The molecule has 1 aliphatic rings. The van der Waals surface area contributed by atoms with E-state index < -0.39 is 0 Å². The van der Waals surface area contributed by atoms with Crippen LogP contribution in [-0.2, 0) is 6.42 Å². The Hall–Kier alpha value is -1.74. The van der Waals surface area contributed by atoms with Crippen molar-refractivity contribution in [1.29, 1.82) is 0 Å². The molecule has 1 unspecified atom stereocenters. The molecule has 1 aromatic carbocycles. The van der Waals surface area contributed by atoms with E-state index >= 15 is 0 Å². The van der Waals surface area contributed by atoms with Crippen LogP contribution in [0.3, 0.4) is 0 Å². The Kier molecular flexibility index (Phi) is 12.6. The fourth-order valence-corrected chi connectivity index (χ4v) is 3.52. The number of terminal acetylenes is 1. The summed E-state index contributed by atoms with van der Waals surface area (Å²) in [5.41, 5.74) is 7.57. The van der Waals surface area contributed by atoms with Crippen molar-refractivity contribution in [1.82, 2.24) is 0 Å². The molecular formula is C26H40. The summed E-state index contributed by atoms with van der Waals surface area (Å²) in [5, 5.41) is 0. The molecule has 0 aromatic heterocycles. The van der Waals surface area contributed by atoms with Crippen LogP contribution in [0.2, 0.25) is 0 Å². The van der Waals surface area contributed by atoms with Gasteiger partial charge in [0.1, 0.15) is 0 Å². The molecule has 0 bridgehead atoms. The molecule has 0 aliphatic heterocycles. The second kappa shape index (κ2) is 13.5. The minimum Gasteiger partial charge on any atom is -0.120 e. The van der Waals surface area contributed by atoms with Crippen LogP contribution in [0.25, 0.3) is 0 Å². The minimum absolute atomic E-state index is 0.748. The molecule has 0 heterocycles. The van der Waals surface area contributed by atoms with Crippen LogP contribution >= 0.6 is 0 Å². The Morgan fingerprint density at radius 2 is 1.77 bits per heavy atom. The summed E-state index contributed by atoms with van der Waals surface area (Å²) in [6.07, 6.45) is 11.3. The number of allylic oxidation sites excluding steroid dienone is 3. The molecule has 26 heavy (non-hydrogen) atoms. The van der Waals surface area contributed by atoms with Gasteiger partial charge >= 0.3 is 0 Å². The van der Waals surface area contributed by atoms with Gasteiger partial charge in [0.05, 0.1) is 0 Å². The number of hydrogen-bond donors (Lipinski definition) is 0. The van der Waals surface area contributed by atoms with Crippen LogP contribution in [0.5, 0.6) is 0 Å². The lowest BCUT2D eigenvalue weighted by molar-refractivity contribution is 0.410. The fourth-order valence-electron chi connectivity index (χ4n) is 3.52. The summed E-state index contributed by atoms with van der Waals surface area (Å²) in [6, 6.07) is 8.84. The Labute approximate surface area is 163 Å². The van der Waals surface area contributed by atoms with Crippen molar-refractivity contribution in [2.45, 2.75) is 80.6 Å². The Bertz CT molecular complexity index is 603. The van der Waals surface area contributed by atoms with Crippen LogP contribution in [0.1, 0.15) is 78.4 Å². The molecule has 2 rings (SSSR count). The Morgan fingerprint density at radius 1 is 1.23 bits per heavy atom. The Balaban J connectivity index is 0.000000770. The highest BCUT2D eigenvalue weighted by Crippen LogP contribution is 2.35. The maximum Gasteiger partial charge on any atom is -0.00297 e. The predicted octanol–water partition coefficient (Wildman–Crippen LogP) is 7.92. The maximum atomic E-state index is 4.60. The molecule has 1 atom stereocenters. The van der Waals surface area contributed by atoms with Crippen molar-refractivity contribution in [2.75, 3.05) is 0 Å². The van der Waals surface area contributed by atoms with Gasteiger partial charge in [-0.15, -0.1) is 18.9 Å². The third kappa shape index (κ3) is 10.3. The van der Waals surface area contributed by atoms with Crippen LogP contribution in [0.4, 0.5) is 0 Å². The van der Waals surface area contributed by atoms with E-state index in [4.69, 9.17) is 0 Å². The smallest absolute Gasteiger partial charge is 0.00297 e. The highest BCUT2D eigenvalue weighted by Gasteiger charge is 2.20. The number of aryl methyl sites for hydroxylation is 2. The minimum atomic E-state index is 0.748. The molecule has 0 N–H and O–H groups in total. The van der Waals surface area contributed by atoms with Crippen molar-refractivity contribution in [2.24, 2.45) is 11.8 Å². The molecule has 144 valence electrons.